The van der Waals surface area contributed by atoms with E-state index in [-0.39, 0.29) is 29.6 Å². The van der Waals surface area contributed by atoms with Crippen LogP contribution in [0.3, 0.4) is 0 Å². The van der Waals surface area contributed by atoms with Gasteiger partial charge in [0.1, 0.15) is 35.6 Å². The van der Waals surface area contributed by atoms with E-state index in [4.69, 9.17) is 20.9 Å². The third kappa shape index (κ3) is 4.05. The van der Waals surface area contributed by atoms with Gasteiger partial charge >= 0.3 is 0 Å². The van der Waals surface area contributed by atoms with Crippen LogP contribution in [-0.2, 0) is 6.61 Å². The number of ether oxygens (including phenoxy) is 2. The first-order chi connectivity index (χ1) is 14.3. The number of nitrogens with zero attached hydrogens (tertiary/aromatic N) is 4. The summed E-state index contributed by atoms with van der Waals surface area (Å²) in [5.74, 6) is 0.983. The van der Waals surface area contributed by atoms with E-state index in [0.717, 1.165) is 0 Å². The summed E-state index contributed by atoms with van der Waals surface area (Å²) in [7, 11) is 1.52. The lowest BCUT2D eigenvalue weighted by Crippen LogP contribution is -2.05. The average molecular weight is 406 g/mol. The molecule has 0 spiro atoms. The van der Waals surface area contributed by atoms with Gasteiger partial charge in [0, 0.05) is 22.8 Å². The molecule has 0 bridgehead atoms. The summed E-state index contributed by atoms with van der Waals surface area (Å²) in [4.78, 5) is 18.5. The fourth-order valence-electron chi connectivity index (χ4n) is 2.94. The van der Waals surface area contributed by atoms with Gasteiger partial charge in [-0.15, -0.1) is 0 Å². The molecule has 0 saturated heterocycles. The predicted molar refractivity (Wildman–Crippen MR) is 110 cm³/mol. The maximum Gasteiger partial charge on any atom is 0.272 e. The highest BCUT2D eigenvalue weighted by Gasteiger charge is 2.16. The van der Waals surface area contributed by atoms with Gasteiger partial charge in [-0.2, -0.15) is 10.2 Å². The summed E-state index contributed by atoms with van der Waals surface area (Å²) < 4.78 is 11.2. The molecule has 0 radical (unpaired) electrons. The second-order valence-electron chi connectivity index (χ2n) is 6.32. The lowest BCUT2D eigenvalue weighted by Gasteiger charge is -2.13. The number of aromatic nitrogens is 2. The van der Waals surface area contributed by atoms with Gasteiger partial charge in [0.15, 0.2) is 0 Å². The standard InChI is InChI=1S/C20H18N6O4/c1-11-7-14(4-5-16(11)26(27)28)30-10-13-8-12(3-6-17(13)29-2)18-15(9-21)19(22)25-20(23)24-18/h3-8H,10H2,1-2H3,(H4,22,23,24,25). The van der Waals surface area contributed by atoms with Gasteiger partial charge in [0.25, 0.3) is 5.69 Å². The number of aryl methyl sites for hydroxylation is 1. The molecule has 3 rings (SSSR count). The number of hydrogen-bond donors (Lipinski definition) is 2. The summed E-state index contributed by atoms with van der Waals surface area (Å²) in [5.41, 5.74) is 13.7. The van der Waals surface area contributed by atoms with E-state index in [1.807, 2.05) is 6.07 Å². The third-order valence-electron chi connectivity index (χ3n) is 4.38. The highest BCUT2D eigenvalue weighted by molar-refractivity contribution is 5.74. The van der Waals surface area contributed by atoms with Gasteiger partial charge < -0.3 is 20.9 Å². The van der Waals surface area contributed by atoms with E-state index in [2.05, 4.69) is 9.97 Å². The molecule has 0 fully saturated rings. The fraction of sp³-hybridized carbons (Fsp3) is 0.150. The topological polar surface area (TPSA) is 163 Å². The van der Waals surface area contributed by atoms with Crippen LogP contribution in [0.15, 0.2) is 36.4 Å². The lowest BCUT2D eigenvalue weighted by molar-refractivity contribution is -0.385. The molecule has 3 aromatic rings. The first kappa shape index (κ1) is 20.3. The van der Waals surface area contributed by atoms with E-state index >= 15 is 0 Å². The largest absolute Gasteiger partial charge is 0.496 e. The minimum atomic E-state index is -0.447. The van der Waals surface area contributed by atoms with Crippen LogP contribution in [0.25, 0.3) is 11.3 Å². The van der Waals surface area contributed by atoms with E-state index in [1.54, 1.807) is 31.2 Å². The Morgan fingerprint density at radius 3 is 2.60 bits per heavy atom. The lowest BCUT2D eigenvalue weighted by atomic mass is 10.0. The summed E-state index contributed by atoms with van der Waals surface area (Å²) in [6, 6.07) is 11.7. The Bertz CT molecular complexity index is 1170. The Morgan fingerprint density at radius 1 is 1.20 bits per heavy atom. The van der Waals surface area contributed by atoms with Gasteiger partial charge in [-0.05, 0) is 37.3 Å². The van der Waals surface area contributed by atoms with Crippen LogP contribution in [0, 0.1) is 28.4 Å². The van der Waals surface area contributed by atoms with E-state index < -0.39 is 4.92 Å². The maximum absolute atomic E-state index is 11.0. The van der Waals surface area contributed by atoms with Crippen LogP contribution in [0.1, 0.15) is 16.7 Å². The molecule has 10 nitrogen and oxygen atoms in total. The van der Waals surface area contributed by atoms with Crippen LogP contribution in [-0.4, -0.2) is 22.0 Å². The molecule has 1 heterocycles. The van der Waals surface area contributed by atoms with Crippen LogP contribution < -0.4 is 20.9 Å². The molecule has 0 aliphatic carbocycles. The molecule has 0 amide bonds. The Hall–Kier alpha value is -4.39. The molecule has 0 atom stereocenters. The number of nitrogens with two attached hydrogens (primary N) is 2. The van der Waals surface area contributed by atoms with Gasteiger partial charge in [-0.3, -0.25) is 10.1 Å². The highest BCUT2D eigenvalue weighted by atomic mass is 16.6. The SMILES string of the molecule is COc1ccc(-c2nc(N)nc(N)c2C#N)cc1COc1ccc([N+](=O)[O-])c(C)c1. The predicted octanol–water partition coefficient (Wildman–Crippen LogP) is 2.98. The first-order valence-corrected chi connectivity index (χ1v) is 8.72. The number of benzene rings is 2. The molecular formula is C20H18N6O4. The van der Waals surface area contributed by atoms with Crippen molar-refractivity contribution in [3.63, 3.8) is 0 Å². The molecule has 4 N–H and O–H groups in total. The Kier molecular flexibility index (Phi) is 5.64. The van der Waals surface area contributed by atoms with Crippen molar-refractivity contribution in [2.24, 2.45) is 0 Å². The quantitative estimate of drug-likeness (QED) is 0.462. The Balaban J connectivity index is 1.94. The van der Waals surface area contributed by atoms with Crippen molar-refractivity contribution in [2.45, 2.75) is 13.5 Å². The van der Waals surface area contributed by atoms with E-state index in [1.165, 1.54) is 19.2 Å². The highest BCUT2D eigenvalue weighted by Crippen LogP contribution is 2.31. The molecule has 30 heavy (non-hydrogen) atoms. The van der Waals surface area contributed by atoms with Crippen molar-refractivity contribution in [1.82, 2.24) is 9.97 Å². The van der Waals surface area contributed by atoms with Crippen LogP contribution in [0.4, 0.5) is 17.5 Å². The van der Waals surface area contributed by atoms with Gasteiger partial charge in [-0.25, -0.2) is 4.98 Å². The first-order valence-electron chi connectivity index (χ1n) is 8.72. The summed E-state index contributed by atoms with van der Waals surface area (Å²) in [6.45, 7) is 1.76. The number of anilines is 2. The summed E-state index contributed by atoms with van der Waals surface area (Å²) >= 11 is 0. The number of nitro benzene ring substituents is 1. The van der Waals surface area contributed by atoms with Crippen LogP contribution in [0.2, 0.25) is 0 Å². The number of rotatable bonds is 6. The molecule has 1 aromatic heterocycles. The zero-order valence-corrected chi connectivity index (χ0v) is 16.2. The summed E-state index contributed by atoms with van der Waals surface area (Å²) in [5, 5.41) is 20.4. The molecule has 0 aliphatic rings. The van der Waals surface area contributed by atoms with Gasteiger partial charge in [-0.1, -0.05) is 0 Å². The van der Waals surface area contributed by atoms with Crippen molar-refractivity contribution in [3.8, 4) is 28.8 Å². The molecule has 0 unspecified atom stereocenters. The minimum absolute atomic E-state index is 0.00465. The molecule has 0 saturated carbocycles. The minimum Gasteiger partial charge on any atom is -0.496 e. The molecular weight excluding hydrogens is 388 g/mol. The van der Waals surface area contributed by atoms with Crippen LogP contribution >= 0.6 is 0 Å². The molecule has 2 aromatic carbocycles. The zero-order valence-electron chi connectivity index (χ0n) is 16.2. The fourth-order valence-corrected chi connectivity index (χ4v) is 2.94. The number of nitro groups is 1. The normalized spacial score (nSPS) is 10.3. The van der Waals surface area contributed by atoms with Crippen molar-refractivity contribution in [2.75, 3.05) is 18.6 Å². The number of nitrogen functional groups attached to an aromatic ring is 2. The van der Waals surface area contributed by atoms with Gasteiger partial charge in [0.05, 0.1) is 17.7 Å². The van der Waals surface area contributed by atoms with Crippen LogP contribution in [0.5, 0.6) is 11.5 Å². The number of hydrogen-bond acceptors (Lipinski definition) is 9. The van der Waals surface area contributed by atoms with E-state index in [9.17, 15) is 15.4 Å². The van der Waals surface area contributed by atoms with Gasteiger partial charge in [0.2, 0.25) is 5.95 Å². The molecule has 0 aliphatic heterocycles. The summed E-state index contributed by atoms with van der Waals surface area (Å²) in [6.07, 6.45) is 0. The average Bonchev–Trinajstić information content (AvgIpc) is 2.71. The second kappa shape index (κ2) is 8.32. The number of methoxy groups -OCH3 is 1. The zero-order chi connectivity index (χ0) is 21.8. The third-order valence-corrected chi connectivity index (χ3v) is 4.38. The smallest absolute Gasteiger partial charge is 0.272 e. The molecule has 10 heteroatoms. The molecule has 152 valence electrons. The monoisotopic (exact) mass is 406 g/mol. The second-order valence-corrected chi connectivity index (χ2v) is 6.32. The van der Waals surface area contributed by atoms with Crippen molar-refractivity contribution < 1.29 is 14.4 Å². The van der Waals surface area contributed by atoms with Crippen molar-refractivity contribution in [3.05, 3.63) is 63.2 Å². The van der Waals surface area contributed by atoms with Crippen molar-refractivity contribution in [1.29, 1.82) is 5.26 Å². The number of nitriles is 1. The van der Waals surface area contributed by atoms with Crippen molar-refractivity contribution >= 4 is 17.5 Å². The Morgan fingerprint density at radius 2 is 1.97 bits per heavy atom. The van der Waals surface area contributed by atoms with E-state index in [0.29, 0.717) is 33.9 Å². The Labute approximate surface area is 171 Å². The maximum atomic E-state index is 11.0.